The predicted molar refractivity (Wildman–Crippen MR) is 125 cm³/mol. The predicted octanol–water partition coefficient (Wildman–Crippen LogP) is 3.32. The van der Waals surface area contributed by atoms with Crippen molar-refractivity contribution in [2.75, 3.05) is 45.1 Å². The first-order valence-electron chi connectivity index (χ1n) is 11.1. The van der Waals surface area contributed by atoms with Crippen LogP contribution in [-0.2, 0) is 11.3 Å². The first kappa shape index (κ1) is 23.0. The van der Waals surface area contributed by atoms with Crippen molar-refractivity contribution in [1.29, 1.82) is 0 Å². The molecule has 1 saturated heterocycles. The van der Waals surface area contributed by atoms with Gasteiger partial charge in [-0.05, 0) is 55.3 Å². The molecule has 0 radical (unpaired) electrons. The van der Waals surface area contributed by atoms with Gasteiger partial charge in [0.1, 0.15) is 0 Å². The highest BCUT2D eigenvalue weighted by atomic mass is 16.2. The number of benzene rings is 2. The van der Waals surface area contributed by atoms with Crippen molar-refractivity contribution in [2.45, 2.75) is 32.7 Å². The van der Waals surface area contributed by atoms with E-state index in [1.165, 1.54) is 12.5 Å². The smallest absolute Gasteiger partial charge is 0.254 e. The largest absolute Gasteiger partial charge is 0.336 e. The van der Waals surface area contributed by atoms with Crippen molar-refractivity contribution in [3.8, 4) is 0 Å². The normalized spacial score (nSPS) is 15.5. The fraction of sp³-hybridized carbons (Fsp3) is 0.440. The van der Waals surface area contributed by atoms with Gasteiger partial charge in [0.2, 0.25) is 5.91 Å². The van der Waals surface area contributed by atoms with Crippen LogP contribution in [0.25, 0.3) is 0 Å². The number of nitrogens with zero attached hydrogens (tertiary/aromatic N) is 2. The number of likely N-dealkylation sites (N-methyl/N-ethyl adjacent to an activating group) is 1. The molecular weight excluding hydrogens is 388 g/mol. The van der Waals surface area contributed by atoms with Crippen LogP contribution >= 0.6 is 0 Å². The zero-order chi connectivity index (χ0) is 22.2. The SMILES string of the molecule is CC(=O)Nc1cc(CNCCC(C)c2ccccc2)cc(C(=O)N2CCN(C)CC2)c1. The molecule has 2 aromatic carbocycles. The molecule has 2 aromatic rings. The first-order chi connectivity index (χ1) is 14.9. The lowest BCUT2D eigenvalue weighted by Crippen LogP contribution is -2.47. The zero-order valence-electron chi connectivity index (χ0n) is 18.9. The number of amides is 2. The van der Waals surface area contributed by atoms with E-state index >= 15 is 0 Å². The van der Waals surface area contributed by atoms with Gasteiger partial charge in [-0.15, -0.1) is 0 Å². The van der Waals surface area contributed by atoms with Crippen LogP contribution in [-0.4, -0.2) is 61.4 Å². The van der Waals surface area contributed by atoms with Crippen molar-refractivity contribution >= 4 is 17.5 Å². The topological polar surface area (TPSA) is 64.7 Å². The number of piperazine rings is 1. The molecule has 1 aliphatic heterocycles. The second-order valence-corrected chi connectivity index (χ2v) is 8.47. The van der Waals surface area contributed by atoms with E-state index in [9.17, 15) is 9.59 Å². The lowest BCUT2D eigenvalue weighted by Gasteiger charge is -2.32. The summed E-state index contributed by atoms with van der Waals surface area (Å²) < 4.78 is 0. The van der Waals surface area contributed by atoms with E-state index in [2.05, 4.69) is 53.8 Å². The van der Waals surface area contributed by atoms with Crippen LogP contribution < -0.4 is 10.6 Å². The third kappa shape index (κ3) is 6.91. The van der Waals surface area contributed by atoms with Gasteiger partial charge in [0.25, 0.3) is 5.91 Å². The second kappa shape index (κ2) is 11.1. The van der Waals surface area contributed by atoms with Crippen molar-refractivity contribution in [2.24, 2.45) is 0 Å². The third-order valence-corrected chi connectivity index (χ3v) is 5.80. The van der Waals surface area contributed by atoms with Gasteiger partial charge in [0, 0.05) is 50.9 Å². The molecule has 0 bridgehead atoms. The summed E-state index contributed by atoms with van der Waals surface area (Å²) in [4.78, 5) is 28.8. The van der Waals surface area contributed by atoms with Gasteiger partial charge in [0.15, 0.2) is 0 Å². The molecule has 31 heavy (non-hydrogen) atoms. The maximum Gasteiger partial charge on any atom is 0.254 e. The lowest BCUT2D eigenvalue weighted by atomic mass is 9.98. The molecule has 1 atom stereocenters. The van der Waals surface area contributed by atoms with Crippen LogP contribution in [0.5, 0.6) is 0 Å². The quantitative estimate of drug-likeness (QED) is 0.641. The van der Waals surface area contributed by atoms with E-state index in [4.69, 9.17) is 0 Å². The van der Waals surface area contributed by atoms with E-state index in [-0.39, 0.29) is 11.8 Å². The number of rotatable bonds is 8. The Morgan fingerprint density at radius 3 is 2.42 bits per heavy atom. The van der Waals surface area contributed by atoms with Crippen LogP contribution in [0.15, 0.2) is 48.5 Å². The van der Waals surface area contributed by atoms with Crippen LogP contribution in [0, 0.1) is 0 Å². The summed E-state index contributed by atoms with van der Waals surface area (Å²) in [5.74, 6) is 0.368. The Morgan fingerprint density at radius 2 is 1.74 bits per heavy atom. The Labute approximate surface area is 185 Å². The fourth-order valence-electron chi connectivity index (χ4n) is 3.88. The number of anilines is 1. The summed E-state index contributed by atoms with van der Waals surface area (Å²) in [6.07, 6.45) is 1.03. The Bertz CT molecular complexity index is 876. The molecule has 1 aliphatic rings. The molecule has 0 spiro atoms. The number of carbonyl (C=O) groups excluding carboxylic acids is 2. The van der Waals surface area contributed by atoms with Gasteiger partial charge < -0.3 is 20.4 Å². The summed E-state index contributed by atoms with van der Waals surface area (Å²) >= 11 is 0. The molecule has 6 heteroatoms. The standard InChI is InChI=1S/C25H34N4O2/c1-19(22-7-5-4-6-8-22)9-10-26-18-21-15-23(17-24(16-21)27-20(2)30)25(31)29-13-11-28(3)12-14-29/h4-8,15-17,19,26H,9-14,18H2,1-3H3,(H,27,30). The monoisotopic (exact) mass is 422 g/mol. The van der Waals surface area contributed by atoms with Gasteiger partial charge in [-0.1, -0.05) is 37.3 Å². The minimum absolute atomic E-state index is 0.0271. The van der Waals surface area contributed by atoms with Crippen molar-refractivity contribution < 1.29 is 9.59 Å². The molecule has 166 valence electrons. The van der Waals surface area contributed by atoms with Crippen molar-refractivity contribution in [3.63, 3.8) is 0 Å². The Kier molecular flexibility index (Phi) is 8.20. The first-order valence-corrected chi connectivity index (χ1v) is 11.1. The molecule has 2 N–H and O–H groups in total. The number of hydrogen-bond acceptors (Lipinski definition) is 4. The molecular formula is C25H34N4O2. The molecule has 0 aromatic heterocycles. The molecule has 1 fully saturated rings. The molecule has 0 saturated carbocycles. The molecule has 2 amide bonds. The molecule has 0 aliphatic carbocycles. The zero-order valence-corrected chi connectivity index (χ0v) is 18.9. The van der Waals surface area contributed by atoms with E-state index in [0.717, 1.165) is 44.7 Å². The van der Waals surface area contributed by atoms with E-state index < -0.39 is 0 Å². The highest BCUT2D eigenvalue weighted by Crippen LogP contribution is 2.19. The number of hydrogen-bond donors (Lipinski definition) is 2. The third-order valence-electron chi connectivity index (χ3n) is 5.80. The van der Waals surface area contributed by atoms with Gasteiger partial charge in [-0.25, -0.2) is 0 Å². The Morgan fingerprint density at radius 1 is 1.03 bits per heavy atom. The van der Waals surface area contributed by atoms with Crippen LogP contribution in [0.2, 0.25) is 0 Å². The fourth-order valence-corrected chi connectivity index (χ4v) is 3.88. The van der Waals surface area contributed by atoms with Gasteiger partial charge in [-0.3, -0.25) is 9.59 Å². The van der Waals surface area contributed by atoms with Crippen LogP contribution in [0.1, 0.15) is 47.7 Å². The summed E-state index contributed by atoms with van der Waals surface area (Å²) in [7, 11) is 2.07. The van der Waals surface area contributed by atoms with E-state index in [1.54, 1.807) is 6.07 Å². The Hall–Kier alpha value is -2.70. The lowest BCUT2D eigenvalue weighted by molar-refractivity contribution is -0.114. The van der Waals surface area contributed by atoms with Gasteiger partial charge in [0.05, 0.1) is 0 Å². The Balaban J connectivity index is 1.62. The maximum absolute atomic E-state index is 13.0. The summed E-state index contributed by atoms with van der Waals surface area (Å²) in [6.45, 7) is 8.46. The van der Waals surface area contributed by atoms with Gasteiger partial charge in [-0.2, -0.15) is 0 Å². The number of nitrogens with one attached hydrogen (secondary N) is 2. The summed E-state index contributed by atoms with van der Waals surface area (Å²) in [6, 6.07) is 16.2. The van der Waals surface area contributed by atoms with Gasteiger partial charge >= 0.3 is 0 Å². The number of carbonyl (C=O) groups is 2. The molecule has 6 nitrogen and oxygen atoms in total. The second-order valence-electron chi connectivity index (χ2n) is 8.47. The van der Waals surface area contributed by atoms with Crippen LogP contribution in [0.3, 0.4) is 0 Å². The van der Waals surface area contributed by atoms with Crippen molar-refractivity contribution in [3.05, 3.63) is 65.2 Å². The minimum atomic E-state index is -0.139. The highest BCUT2D eigenvalue weighted by molar-refractivity contribution is 5.97. The average Bonchev–Trinajstić information content (AvgIpc) is 2.76. The molecule has 1 unspecified atom stereocenters. The van der Waals surface area contributed by atoms with E-state index in [1.807, 2.05) is 23.1 Å². The minimum Gasteiger partial charge on any atom is -0.336 e. The molecule has 1 heterocycles. The van der Waals surface area contributed by atoms with Crippen molar-refractivity contribution in [1.82, 2.24) is 15.1 Å². The summed E-state index contributed by atoms with van der Waals surface area (Å²) in [5.41, 5.74) is 3.64. The summed E-state index contributed by atoms with van der Waals surface area (Å²) in [5, 5.41) is 6.33. The maximum atomic E-state index is 13.0. The van der Waals surface area contributed by atoms with E-state index in [0.29, 0.717) is 23.7 Å². The van der Waals surface area contributed by atoms with Crippen LogP contribution in [0.4, 0.5) is 5.69 Å². The molecule has 3 rings (SSSR count). The highest BCUT2D eigenvalue weighted by Gasteiger charge is 2.21. The average molecular weight is 423 g/mol.